The number of rotatable bonds is 3. The molecule has 0 unspecified atom stereocenters. The Morgan fingerprint density at radius 1 is 1.57 bits per heavy atom. The Labute approximate surface area is 51.1 Å². The summed E-state index contributed by atoms with van der Waals surface area (Å²) < 4.78 is 0. The number of hydrogen-bond donors (Lipinski definition) is 2. The van der Waals surface area contributed by atoms with E-state index in [9.17, 15) is 0 Å². The van der Waals surface area contributed by atoms with Crippen LogP contribution in [0.15, 0.2) is 0 Å². The molecular formula is C4H10O2Zn. The van der Waals surface area contributed by atoms with Crippen LogP contribution < -0.4 is 0 Å². The Balaban J connectivity index is 2.68. The summed E-state index contributed by atoms with van der Waals surface area (Å²) in [4.78, 5) is 0. The van der Waals surface area contributed by atoms with Gasteiger partial charge in [0.2, 0.25) is 0 Å². The molecule has 0 spiro atoms. The molecule has 0 rings (SSSR count). The van der Waals surface area contributed by atoms with Crippen LogP contribution in [0.5, 0.6) is 0 Å². The van der Waals surface area contributed by atoms with Crippen LogP contribution in [0.3, 0.4) is 0 Å². The molecule has 0 bridgehead atoms. The molecule has 0 aromatic carbocycles. The average Bonchev–Trinajstić information content (AvgIpc) is 1.61. The molecule has 0 heterocycles. The molecule has 2 nitrogen and oxygen atoms in total. The van der Waals surface area contributed by atoms with Crippen LogP contribution in [0.4, 0.5) is 0 Å². The third kappa shape index (κ3) is 6.54. The van der Waals surface area contributed by atoms with Gasteiger partial charge in [0, 0.05) is 0 Å². The van der Waals surface area contributed by atoms with Crippen LogP contribution in [-0.4, -0.2) is 16.5 Å². The minimum atomic E-state index is -1.05. The van der Waals surface area contributed by atoms with Crippen molar-refractivity contribution in [1.29, 1.82) is 0 Å². The van der Waals surface area contributed by atoms with Crippen molar-refractivity contribution in [3.63, 3.8) is 0 Å². The van der Waals surface area contributed by atoms with E-state index in [4.69, 9.17) is 10.2 Å². The van der Waals surface area contributed by atoms with Gasteiger partial charge < -0.3 is 0 Å². The zero-order valence-electron chi connectivity index (χ0n) is 4.59. The zero-order chi connectivity index (χ0) is 5.70. The van der Waals surface area contributed by atoms with Crippen molar-refractivity contribution in [2.75, 3.05) is 0 Å². The standard InChI is InChI=1S/C3H7O2.CH3.Zn/c1-2-3(4)5;;/h3-5H,1-2H2;1H3;. The molecule has 0 atom stereocenters. The Kier molecular flexibility index (Phi) is 5.06. The average molecular weight is 156 g/mol. The molecule has 2 N–H and O–H groups in total. The van der Waals surface area contributed by atoms with Gasteiger partial charge in [-0.15, -0.1) is 0 Å². The summed E-state index contributed by atoms with van der Waals surface area (Å²) in [6.07, 6.45) is -0.457. The van der Waals surface area contributed by atoms with Gasteiger partial charge in [-0.2, -0.15) is 0 Å². The quantitative estimate of drug-likeness (QED) is 0.453. The Bertz CT molecular complexity index is 38.7. The minimum absolute atomic E-state index is 0.290. The second-order valence-electron chi connectivity index (χ2n) is 1.62. The van der Waals surface area contributed by atoms with E-state index in [0.717, 1.165) is 5.02 Å². The molecule has 40 valence electrons. The maximum atomic E-state index is 8.27. The van der Waals surface area contributed by atoms with Gasteiger partial charge in [0.15, 0.2) is 0 Å². The fourth-order valence-corrected chi connectivity index (χ4v) is 2.01. The van der Waals surface area contributed by atoms with Crippen molar-refractivity contribution >= 4 is 0 Å². The number of aliphatic hydroxyl groups excluding tert-OH is 1. The van der Waals surface area contributed by atoms with E-state index in [-0.39, 0.29) is 17.1 Å². The molecule has 0 aliphatic carbocycles. The van der Waals surface area contributed by atoms with Gasteiger partial charge in [0.1, 0.15) is 0 Å². The monoisotopic (exact) mass is 154 g/mol. The molecule has 0 aliphatic rings. The van der Waals surface area contributed by atoms with E-state index >= 15 is 0 Å². The third-order valence-electron chi connectivity index (χ3n) is 0.816. The first-order valence-corrected chi connectivity index (χ1v) is 7.70. The Morgan fingerprint density at radius 2 is 2.14 bits per heavy atom. The van der Waals surface area contributed by atoms with E-state index in [2.05, 4.69) is 5.52 Å². The van der Waals surface area contributed by atoms with Gasteiger partial charge in [-0.3, -0.25) is 0 Å². The first kappa shape index (κ1) is 7.54. The molecule has 0 saturated carbocycles. The van der Waals surface area contributed by atoms with Crippen molar-refractivity contribution in [2.24, 2.45) is 0 Å². The van der Waals surface area contributed by atoms with Gasteiger partial charge in [-0.1, -0.05) is 0 Å². The zero-order valence-corrected chi connectivity index (χ0v) is 7.56. The fourth-order valence-electron chi connectivity index (χ4n) is 0.387. The normalized spacial score (nSPS) is 9.14. The van der Waals surface area contributed by atoms with Crippen LogP contribution in [0, 0.1) is 0 Å². The van der Waals surface area contributed by atoms with Crippen molar-refractivity contribution in [3.05, 3.63) is 0 Å². The van der Waals surface area contributed by atoms with Gasteiger partial charge in [0.25, 0.3) is 0 Å². The molecule has 0 aliphatic heterocycles. The second kappa shape index (κ2) is 4.70. The SMILES string of the molecule is [CH3][Zn][CH2]CC(O)O. The van der Waals surface area contributed by atoms with E-state index < -0.39 is 6.29 Å². The van der Waals surface area contributed by atoms with Crippen LogP contribution in [0.25, 0.3) is 0 Å². The molecule has 0 aromatic heterocycles. The summed E-state index contributed by atoms with van der Waals surface area (Å²) in [6.45, 7) is 0. The van der Waals surface area contributed by atoms with E-state index in [1.807, 2.05) is 0 Å². The molecule has 7 heavy (non-hydrogen) atoms. The Morgan fingerprint density at radius 3 is 2.29 bits per heavy atom. The summed E-state index contributed by atoms with van der Waals surface area (Å²) >= 11 is -0.290. The van der Waals surface area contributed by atoms with Crippen molar-refractivity contribution < 1.29 is 27.3 Å². The van der Waals surface area contributed by atoms with Crippen molar-refractivity contribution in [1.82, 2.24) is 0 Å². The van der Waals surface area contributed by atoms with E-state index in [0.29, 0.717) is 6.42 Å². The van der Waals surface area contributed by atoms with E-state index in [1.165, 1.54) is 0 Å². The second-order valence-corrected chi connectivity index (χ2v) is 5.20. The van der Waals surface area contributed by atoms with Gasteiger partial charge >= 0.3 is 50.6 Å². The van der Waals surface area contributed by atoms with E-state index in [1.54, 1.807) is 0 Å². The summed E-state index contributed by atoms with van der Waals surface area (Å²) in [6, 6.07) is 0. The van der Waals surface area contributed by atoms with Crippen molar-refractivity contribution in [3.8, 4) is 0 Å². The van der Waals surface area contributed by atoms with Gasteiger partial charge in [-0.05, 0) is 0 Å². The Hall–Kier alpha value is 0.543. The summed E-state index contributed by atoms with van der Waals surface area (Å²) in [5.74, 6) is 0. The molecule has 0 fully saturated rings. The third-order valence-corrected chi connectivity index (χ3v) is 3.16. The summed E-state index contributed by atoms with van der Waals surface area (Å²) in [5, 5.41) is 17.6. The predicted molar refractivity (Wildman–Crippen MR) is 23.5 cm³/mol. The summed E-state index contributed by atoms with van der Waals surface area (Å²) in [7, 11) is 0. The predicted octanol–water partition coefficient (Wildman–Crippen LogP) is 0.236. The van der Waals surface area contributed by atoms with Gasteiger partial charge in [-0.25, -0.2) is 0 Å². The fraction of sp³-hybridized carbons (Fsp3) is 1.00. The topological polar surface area (TPSA) is 40.5 Å². The molecule has 0 aromatic rings. The van der Waals surface area contributed by atoms with Crippen LogP contribution in [-0.2, 0) is 17.1 Å². The van der Waals surface area contributed by atoms with Gasteiger partial charge in [0.05, 0.1) is 0 Å². The number of aliphatic hydroxyl groups is 2. The molecule has 0 amide bonds. The molecule has 3 heteroatoms. The van der Waals surface area contributed by atoms with Crippen LogP contribution in [0.1, 0.15) is 6.42 Å². The van der Waals surface area contributed by atoms with Crippen LogP contribution >= 0.6 is 0 Å². The summed E-state index contributed by atoms with van der Waals surface area (Å²) in [5.41, 5.74) is 2.20. The molecule has 0 radical (unpaired) electrons. The van der Waals surface area contributed by atoms with Crippen molar-refractivity contribution in [2.45, 2.75) is 23.2 Å². The first-order chi connectivity index (χ1) is 3.27. The number of hydrogen-bond acceptors (Lipinski definition) is 2. The first-order valence-electron chi connectivity index (χ1n) is 2.63. The molecular weight excluding hydrogens is 145 g/mol. The van der Waals surface area contributed by atoms with Crippen LogP contribution in [0.2, 0.25) is 10.5 Å². The maximum absolute atomic E-state index is 8.27. The molecule has 0 saturated heterocycles.